The van der Waals surface area contributed by atoms with Crippen molar-refractivity contribution in [2.24, 2.45) is 0 Å². The van der Waals surface area contributed by atoms with Crippen LogP contribution in [-0.4, -0.2) is 33.2 Å². The average molecular weight is 420 g/mol. The van der Waals surface area contributed by atoms with E-state index in [1.54, 1.807) is 50.6 Å². The fourth-order valence-corrected chi connectivity index (χ4v) is 2.85. The van der Waals surface area contributed by atoms with Gasteiger partial charge in [-0.15, -0.1) is 0 Å². The molecule has 136 valence electrons. The summed E-state index contributed by atoms with van der Waals surface area (Å²) in [5.74, 6) is 0.325. The Hall–Kier alpha value is -2.80. The van der Waals surface area contributed by atoms with Gasteiger partial charge in [-0.3, -0.25) is 4.79 Å². The van der Waals surface area contributed by atoms with E-state index in [2.05, 4.69) is 26.0 Å². The maximum absolute atomic E-state index is 12.1. The SMILES string of the molecule is COC(=O)c1cccc(NC(=O)C=Cc2cc(Br)c(OC)c(OC)c2)c1. The van der Waals surface area contributed by atoms with Crippen LogP contribution in [0, 0.1) is 0 Å². The lowest BCUT2D eigenvalue weighted by atomic mass is 10.1. The Kier molecular flexibility index (Phi) is 6.80. The fraction of sp³-hybridized carbons (Fsp3) is 0.158. The van der Waals surface area contributed by atoms with E-state index in [-0.39, 0.29) is 5.91 Å². The summed E-state index contributed by atoms with van der Waals surface area (Å²) >= 11 is 3.40. The van der Waals surface area contributed by atoms with E-state index in [0.717, 1.165) is 5.56 Å². The first kappa shape index (κ1) is 19.5. The normalized spacial score (nSPS) is 10.5. The minimum atomic E-state index is -0.466. The molecule has 0 aromatic heterocycles. The average Bonchev–Trinajstić information content (AvgIpc) is 2.65. The number of methoxy groups -OCH3 is 3. The quantitative estimate of drug-likeness (QED) is 0.567. The van der Waals surface area contributed by atoms with Crippen molar-refractivity contribution in [2.75, 3.05) is 26.6 Å². The molecule has 2 aromatic rings. The van der Waals surface area contributed by atoms with Crippen LogP contribution in [0.5, 0.6) is 11.5 Å². The molecule has 0 aliphatic heterocycles. The van der Waals surface area contributed by atoms with Crippen molar-refractivity contribution in [3.05, 3.63) is 58.1 Å². The van der Waals surface area contributed by atoms with Crippen LogP contribution in [0.1, 0.15) is 15.9 Å². The lowest BCUT2D eigenvalue weighted by Crippen LogP contribution is -2.09. The third kappa shape index (κ3) is 4.86. The summed E-state index contributed by atoms with van der Waals surface area (Å²) in [4.78, 5) is 23.6. The van der Waals surface area contributed by atoms with Crippen molar-refractivity contribution in [3.63, 3.8) is 0 Å². The van der Waals surface area contributed by atoms with E-state index in [0.29, 0.717) is 27.2 Å². The minimum absolute atomic E-state index is 0.335. The molecule has 0 heterocycles. The molecule has 0 spiro atoms. The third-order valence-corrected chi connectivity index (χ3v) is 4.02. The Morgan fingerprint density at radius 2 is 1.85 bits per heavy atom. The first-order valence-corrected chi connectivity index (χ1v) is 8.36. The van der Waals surface area contributed by atoms with Gasteiger partial charge in [0.05, 0.1) is 31.4 Å². The number of carbonyl (C=O) groups is 2. The highest BCUT2D eigenvalue weighted by Gasteiger charge is 2.10. The predicted octanol–water partition coefficient (Wildman–Crippen LogP) is 3.90. The molecular weight excluding hydrogens is 402 g/mol. The molecule has 0 unspecified atom stereocenters. The molecule has 2 rings (SSSR count). The molecule has 0 saturated carbocycles. The number of amides is 1. The van der Waals surface area contributed by atoms with E-state index in [1.807, 2.05) is 6.07 Å². The van der Waals surface area contributed by atoms with Crippen LogP contribution in [-0.2, 0) is 9.53 Å². The van der Waals surface area contributed by atoms with Gasteiger partial charge in [-0.1, -0.05) is 6.07 Å². The standard InChI is InChI=1S/C19H18BrNO5/c1-24-16-10-12(9-15(20)18(16)25-2)7-8-17(22)21-14-6-4-5-13(11-14)19(23)26-3/h4-11H,1-3H3,(H,21,22). The largest absolute Gasteiger partial charge is 0.493 e. The second-order valence-corrected chi connectivity index (χ2v) is 5.99. The molecular formula is C19H18BrNO5. The predicted molar refractivity (Wildman–Crippen MR) is 103 cm³/mol. The first-order chi connectivity index (χ1) is 12.5. The lowest BCUT2D eigenvalue weighted by molar-refractivity contribution is -0.111. The van der Waals surface area contributed by atoms with Gasteiger partial charge in [-0.2, -0.15) is 0 Å². The number of carbonyl (C=O) groups excluding carboxylic acids is 2. The Balaban J connectivity index is 2.13. The zero-order valence-corrected chi connectivity index (χ0v) is 16.1. The van der Waals surface area contributed by atoms with Gasteiger partial charge in [0.2, 0.25) is 5.91 Å². The Bertz CT molecular complexity index is 848. The maximum atomic E-state index is 12.1. The number of hydrogen-bond donors (Lipinski definition) is 1. The summed E-state index contributed by atoms with van der Waals surface area (Å²) in [6.07, 6.45) is 3.03. The lowest BCUT2D eigenvalue weighted by Gasteiger charge is -2.10. The van der Waals surface area contributed by atoms with Gasteiger partial charge < -0.3 is 19.5 Å². The maximum Gasteiger partial charge on any atom is 0.337 e. The zero-order chi connectivity index (χ0) is 19.1. The van der Waals surface area contributed by atoms with Crippen molar-refractivity contribution >= 4 is 39.6 Å². The number of hydrogen-bond acceptors (Lipinski definition) is 5. The number of benzene rings is 2. The van der Waals surface area contributed by atoms with Crippen LogP contribution in [0.4, 0.5) is 5.69 Å². The molecule has 0 bridgehead atoms. The van der Waals surface area contributed by atoms with Crippen molar-refractivity contribution < 1.29 is 23.8 Å². The smallest absolute Gasteiger partial charge is 0.337 e. The summed E-state index contributed by atoms with van der Waals surface area (Å²) in [7, 11) is 4.39. The number of esters is 1. The summed E-state index contributed by atoms with van der Waals surface area (Å²) in [5, 5.41) is 2.70. The Morgan fingerprint density at radius 1 is 1.08 bits per heavy atom. The minimum Gasteiger partial charge on any atom is -0.493 e. The summed E-state index contributed by atoms with van der Waals surface area (Å²) in [5.41, 5.74) is 1.61. The van der Waals surface area contributed by atoms with E-state index >= 15 is 0 Å². The second-order valence-electron chi connectivity index (χ2n) is 5.13. The van der Waals surface area contributed by atoms with Crippen LogP contribution < -0.4 is 14.8 Å². The number of ether oxygens (including phenoxy) is 3. The van der Waals surface area contributed by atoms with E-state index in [1.165, 1.54) is 13.2 Å². The molecule has 6 nitrogen and oxygen atoms in total. The summed E-state index contributed by atoms with van der Waals surface area (Å²) < 4.78 is 15.9. The van der Waals surface area contributed by atoms with Crippen LogP contribution in [0.2, 0.25) is 0 Å². The molecule has 0 fully saturated rings. The van der Waals surface area contributed by atoms with Crippen molar-refractivity contribution in [2.45, 2.75) is 0 Å². The third-order valence-electron chi connectivity index (χ3n) is 3.43. The molecule has 0 aliphatic carbocycles. The highest BCUT2D eigenvalue weighted by atomic mass is 79.9. The Labute approximate surface area is 159 Å². The molecule has 7 heteroatoms. The molecule has 1 N–H and O–H groups in total. The van der Waals surface area contributed by atoms with Crippen LogP contribution in [0.15, 0.2) is 46.9 Å². The number of anilines is 1. The van der Waals surface area contributed by atoms with Crippen molar-refractivity contribution in [3.8, 4) is 11.5 Å². The zero-order valence-electron chi connectivity index (χ0n) is 14.5. The monoisotopic (exact) mass is 419 g/mol. The molecule has 2 aromatic carbocycles. The molecule has 0 aliphatic rings. The van der Waals surface area contributed by atoms with Crippen molar-refractivity contribution in [1.82, 2.24) is 0 Å². The number of halogens is 1. The summed E-state index contributed by atoms with van der Waals surface area (Å²) in [6, 6.07) is 10.1. The van der Waals surface area contributed by atoms with Crippen LogP contribution in [0.25, 0.3) is 6.08 Å². The van der Waals surface area contributed by atoms with Gasteiger partial charge in [-0.25, -0.2) is 4.79 Å². The van der Waals surface area contributed by atoms with E-state index < -0.39 is 5.97 Å². The molecule has 0 radical (unpaired) electrons. The first-order valence-electron chi connectivity index (χ1n) is 7.57. The van der Waals surface area contributed by atoms with Gasteiger partial charge in [0.15, 0.2) is 11.5 Å². The molecule has 26 heavy (non-hydrogen) atoms. The molecule has 1 amide bonds. The van der Waals surface area contributed by atoms with Crippen LogP contribution >= 0.6 is 15.9 Å². The molecule has 0 atom stereocenters. The topological polar surface area (TPSA) is 73.9 Å². The van der Waals surface area contributed by atoms with Gasteiger partial charge in [0, 0.05) is 11.8 Å². The van der Waals surface area contributed by atoms with Gasteiger partial charge in [0.1, 0.15) is 0 Å². The summed E-state index contributed by atoms with van der Waals surface area (Å²) in [6.45, 7) is 0. The van der Waals surface area contributed by atoms with E-state index in [9.17, 15) is 9.59 Å². The van der Waals surface area contributed by atoms with Gasteiger partial charge in [-0.05, 0) is 57.9 Å². The van der Waals surface area contributed by atoms with Gasteiger partial charge in [0.25, 0.3) is 0 Å². The van der Waals surface area contributed by atoms with Gasteiger partial charge >= 0.3 is 5.97 Å². The second kappa shape index (κ2) is 9.05. The van der Waals surface area contributed by atoms with Crippen LogP contribution in [0.3, 0.4) is 0 Å². The number of nitrogens with one attached hydrogen (secondary N) is 1. The highest BCUT2D eigenvalue weighted by molar-refractivity contribution is 9.10. The molecule has 0 saturated heterocycles. The highest BCUT2D eigenvalue weighted by Crippen LogP contribution is 2.36. The fourth-order valence-electron chi connectivity index (χ4n) is 2.23. The Morgan fingerprint density at radius 3 is 2.50 bits per heavy atom. The van der Waals surface area contributed by atoms with Crippen molar-refractivity contribution in [1.29, 1.82) is 0 Å². The number of rotatable bonds is 6. The van der Waals surface area contributed by atoms with E-state index in [4.69, 9.17) is 9.47 Å².